The van der Waals surface area contributed by atoms with Gasteiger partial charge in [-0.2, -0.15) is 0 Å². The normalized spacial score (nSPS) is 17.6. The largest absolute Gasteiger partial charge is 0.373 e. The molecule has 16 heavy (non-hydrogen) atoms. The van der Waals surface area contributed by atoms with E-state index < -0.39 is 0 Å². The average Bonchev–Trinajstić information content (AvgIpc) is 2.32. The topological polar surface area (TPSA) is 21.3 Å². The Hall–Kier alpha value is -0.640. The van der Waals surface area contributed by atoms with Crippen molar-refractivity contribution in [2.45, 2.75) is 25.6 Å². The van der Waals surface area contributed by atoms with E-state index in [2.05, 4.69) is 5.32 Å². The predicted octanol–water partition coefficient (Wildman–Crippen LogP) is 2.75. The number of hydrogen-bond acceptors (Lipinski definition) is 2. The molecule has 4 heteroatoms. The summed E-state index contributed by atoms with van der Waals surface area (Å²) in [5, 5.41) is 3.83. The van der Waals surface area contributed by atoms with Gasteiger partial charge in [0.25, 0.3) is 0 Å². The van der Waals surface area contributed by atoms with Gasteiger partial charge in [0, 0.05) is 5.02 Å². The van der Waals surface area contributed by atoms with Crippen molar-refractivity contribution in [3.05, 3.63) is 34.6 Å². The first kappa shape index (κ1) is 11.8. The smallest absolute Gasteiger partial charge is 0.123 e. The van der Waals surface area contributed by atoms with Gasteiger partial charge in [0.05, 0.1) is 12.7 Å². The second kappa shape index (κ2) is 5.62. The molecule has 0 spiro atoms. The fourth-order valence-electron chi connectivity index (χ4n) is 1.82. The highest BCUT2D eigenvalue weighted by atomic mass is 35.5. The summed E-state index contributed by atoms with van der Waals surface area (Å²) in [6.45, 7) is 2.37. The molecule has 1 aliphatic heterocycles. The van der Waals surface area contributed by atoms with Crippen molar-refractivity contribution >= 4 is 11.6 Å². The molecule has 0 aromatic heterocycles. The molecular weight excluding hydrogens is 229 g/mol. The van der Waals surface area contributed by atoms with Crippen molar-refractivity contribution in [2.24, 2.45) is 0 Å². The minimum atomic E-state index is -0.270. The molecule has 88 valence electrons. The summed E-state index contributed by atoms with van der Waals surface area (Å²) >= 11 is 5.95. The van der Waals surface area contributed by atoms with Crippen LogP contribution >= 0.6 is 11.6 Å². The zero-order valence-corrected chi connectivity index (χ0v) is 9.77. The molecule has 0 saturated carbocycles. The maximum Gasteiger partial charge on any atom is 0.123 e. The molecule has 0 radical (unpaired) electrons. The summed E-state index contributed by atoms with van der Waals surface area (Å²) in [6.07, 6.45) is 2.28. The monoisotopic (exact) mass is 243 g/mol. The summed E-state index contributed by atoms with van der Waals surface area (Å²) in [7, 11) is 0. The predicted molar refractivity (Wildman–Crippen MR) is 62.1 cm³/mol. The van der Waals surface area contributed by atoms with Crippen LogP contribution in [0.1, 0.15) is 18.4 Å². The zero-order valence-electron chi connectivity index (χ0n) is 9.01. The lowest BCUT2D eigenvalue weighted by molar-refractivity contribution is 0.0211. The van der Waals surface area contributed by atoms with Gasteiger partial charge >= 0.3 is 0 Å². The van der Waals surface area contributed by atoms with Crippen LogP contribution in [0.25, 0.3) is 0 Å². The Balaban J connectivity index is 1.90. The van der Waals surface area contributed by atoms with Crippen molar-refractivity contribution in [1.82, 2.24) is 5.32 Å². The highest BCUT2D eigenvalue weighted by Gasteiger charge is 2.14. The lowest BCUT2D eigenvalue weighted by atomic mass is 10.1. The van der Waals surface area contributed by atoms with Gasteiger partial charge in [0.1, 0.15) is 5.82 Å². The van der Waals surface area contributed by atoms with Gasteiger partial charge in [-0.25, -0.2) is 4.39 Å². The van der Waals surface area contributed by atoms with Crippen LogP contribution in [0.2, 0.25) is 5.02 Å². The average molecular weight is 244 g/mol. The molecule has 1 aromatic carbocycles. The van der Waals surface area contributed by atoms with Crippen molar-refractivity contribution in [3.63, 3.8) is 0 Å². The Morgan fingerprint density at radius 1 is 1.38 bits per heavy atom. The minimum Gasteiger partial charge on any atom is -0.373 e. The molecule has 0 unspecified atom stereocenters. The summed E-state index contributed by atoms with van der Waals surface area (Å²) < 4.78 is 18.7. The quantitative estimate of drug-likeness (QED) is 0.882. The number of ether oxygens (including phenoxy) is 1. The van der Waals surface area contributed by atoms with Gasteiger partial charge in [-0.3, -0.25) is 0 Å². The van der Waals surface area contributed by atoms with Crippen LogP contribution in [0.5, 0.6) is 0 Å². The van der Waals surface area contributed by atoms with E-state index >= 15 is 0 Å². The number of benzene rings is 1. The summed E-state index contributed by atoms with van der Waals surface area (Å²) in [4.78, 5) is 0. The third-order valence-electron chi connectivity index (χ3n) is 2.77. The summed E-state index contributed by atoms with van der Waals surface area (Å²) in [5.74, 6) is -0.270. The van der Waals surface area contributed by atoms with E-state index in [-0.39, 0.29) is 11.9 Å². The van der Waals surface area contributed by atoms with E-state index in [0.717, 1.165) is 31.5 Å². The zero-order chi connectivity index (χ0) is 11.4. The van der Waals surface area contributed by atoms with Crippen LogP contribution in [0.4, 0.5) is 4.39 Å². The Kier molecular flexibility index (Phi) is 4.16. The molecule has 0 bridgehead atoms. The number of hydrogen-bond donors (Lipinski definition) is 1. The highest BCUT2D eigenvalue weighted by molar-refractivity contribution is 6.31. The van der Waals surface area contributed by atoms with E-state index in [9.17, 15) is 4.39 Å². The Morgan fingerprint density at radius 3 is 2.88 bits per heavy atom. The first-order valence-electron chi connectivity index (χ1n) is 5.52. The maximum atomic E-state index is 13.0. The van der Waals surface area contributed by atoms with E-state index in [1.807, 2.05) is 0 Å². The Bertz CT molecular complexity index is 353. The van der Waals surface area contributed by atoms with Gasteiger partial charge in [0.2, 0.25) is 0 Å². The molecule has 1 N–H and O–H groups in total. The third kappa shape index (κ3) is 3.17. The van der Waals surface area contributed by atoms with Crippen molar-refractivity contribution in [1.29, 1.82) is 0 Å². The Morgan fingerprint density at radius 2 is 2.12 bits per heavy atom. The highest BCUT2D eigenvalue weighted by Crippen LogP contribution is 2.19. The first-order chi connectivity index (χ1) is 7.75. The lowest BCUT2D eigenvalue weighted by Gasteiger charge is -2.23. The number of rotatable bonds is 3. The van der Waals surface area contributed by atoms with Crippen LogP contribution in [0.3, 0.4) is 0 Å². The maximum absolute atomic E-state index is 13.0. The van der Waals surface area contributed by atoms with Crippen LogP contribution in [0, 0.1) is 5.82 Å². The van der Waals surface area contributed by atoms with Gasteiger partial charge in [-0.05, 0) is 49.7 Å². The molecule has 1 aromatic rings. The van der Waals surface area contributed by atoms with Crippen molar-refractivity contribution < 1.29 is 9.13 Å². The van der Waals surface area contributed by atoms with Crippen LogP contribution in [0.15, 0.2) is 18.2 Å². The third-order valence-corrected chi connectivity index (χ3v) is 3.14. The Labute approximate surface area is 99.7 Å². The second-order valence-electron chi connectivity index (χ2n) is 4.00. The molecule has 1 fully saturated rings. The molecule has 0 atom stereocenters. The van der Waals surface area contributed by atoms with Crippen molar-refractivity contribution in [2.75, 3.05) is 13.1 Å². The molecule has 2 rings (SSSR count). The van der Waals surface area contributed by atoms with Gasteiger partial charge in [-0.1, -0.05) is 11.6 Å². The van der Waals surface area contributed by atoms with Crippen LogP contribution in [-0.4, -0.2) is 19.2 Å². The van der Waals surface area contributed by atoms with Crippen LogP contribution in [-0.2, 0) is 11.3 Å². The summed E-state index contributed by atoms with van der Waals surface area (Å²) in [5.41, 5.74) is 0.722. The molecule has 2 nitrogen and oxygen atoms in total. The van der Waals surface area contributed by atoms with Crippen molar-refractivity contribution in [3.8, 4) is 0 Å². The van der Waals surface area contributed by atoms with E-state index in [0.29, 0.717) is 11.6 Å². The first-order valence-corrected chi connectivity index (χ1v) is 5.90. The second-order valence-corrected chi connectivity index (χ2v) is 4.40. The lowest BCUT2D eigenvalue weighted by Crippen LogP contribution is -2.32. The molecule has 1 saturated heterocycles. The molecule has 1 aliphatic rings. The fraction of sp³-hybridized carbons (Fsp3) is 0.500. The molecular formula is C12H15ClFNO. The van der Waals surface area contributed by atoms with E-state index in [1.165, 1.54) is 12.1 Å². The van der Waals surface area contributed by atoms with E-state index in [1.54, 1.807) is 6.07 Å². The minimum absolute atomic E-state index is 0.264. The SMILES string of the molecule is Fc1ccc(Cl)c(COC2CCNCC2)c1. The molecule has 0 aliphatic carbocycles. The van der Waals surface area contributed by atoms with E-state index in [4.69, 9.17) is 16.3 Å². The van der Waals surface area contributed by atoms with Gasteiger partial charge in [-0.15, -0.1) is 0 Å². The fourth-order valence-corrected chi connectivity index (χ4v) is 2.00. The standard InChI is InChI=1S/C12H15ClFNO/c13-12-2-1-10(14)7-9(12)8-16-11-3-5-15-6-4-11/h1-2,7,11,15H,3-6,8H2. The number of nitrogens with one attached hydrogen (secondary N) is 1. The summed E-state index contributed by atoms with van der Waals surface area (Å²) in [6, 6.07) is 4.36. The number of piperidine rings is 1. The molecule has 1 heterocycles. The molecule has 0 amide bonds. The van der Waals surface area contributed by atoms with Gasteiger partial charge in [0.15, 0.2) is 0 Å². The van der Waals surface area contributed by atoms with Crippen LogP contribution < -0.4 is 5.32 Å². The number of halogens is 2. The van der Waals surface area contributed by atoms with Gasteiger partial charge < -0.3 is 10.1 Å².